The van der Waals surface area contributed by atoms with Crippen LogP contribution in [0.1, 0.15) is 30.9 Å². The standard InChI is InChI=1S/C19H22N2O2/c1-3-9-17(16-11-5-4-6-12-16)20-21-19(22)14-23-18-13-8-7-10-15(18)2/h4-8,10-13H,3,9,14H2,1-2H3,(H,21,22). The number of rotatable bonds is 7. The van der Waals surface area contributed by atoms with Crippen molar-refractivity contribution in [3.05, 3.63) is 65.7 Å². The zero-order chi connectivity index (χ0) is 16.5. The zero-order valence-electron chi connectivity index (χ0n) is 13.6. The van der Waals surface area contributed by atoms with Crippen LogP contribution in [0.3, 0.4) is 0 Å². The van der Waals surface area contributed by atoms with E-state index in [1.54, 1.807) is 0 Å². The Balaban J connectivity index is 1.94. The van der Waals surface area contributed by atoms with E-state index in [0.717, 1.165) is 29.7 Å². The monoisotopic (exact) mass is 310 g/mol. The van der Waals surface area contributed by atoms with Crippen molar-refractivity contribution in [2.75, 3.05) is 6.61 Å². The third-order valence-electron chi connectivity index (χ3n) is 3.36. The Morgan fingerprint density at radius 3 is 2.48 bits per heavy atom. The minimum atomic E-state index is -0.266. The molecule has 23 heavy (non-hydrogen) atoms. The average Bonchev–Trinajstić information content (AvgIpc) is 2.58. The fourth-order valence-corrected chi connectivity index (χ4v) is 2.16. The maximum Gasteiger partial charge on any atom is 0.277 e. The van der Waals surface area contributed by atoms with Crippen LogP contribution in [0.2, 0.25) is 0 Å². The number of hydrogen-bond acceptors (Lipinski definition) is 3. The third kappa shape index (κ3) is 5.25. The number of hydrazone groups is 1. The number of aryl methyl sites for hydroxylation is 1. The molecule has 0 heterocycles. The summed E-state index contributed by atoms with van der Waals surface area (Å²) in [4.78, 5) is 11.9. The van der Waals surface area contributed by atoms with E-state index in [9.17, 15) is 4.79 Å². The van der Waals surface area contributed by atoms with Gasteiger partial charge in [0.05, 0.1) is 5.71 Å². The first-order valence-corrected chi connectivity index (χ1v) is 7.80. The molecule has 1 amide bonds. The zero-order valence-corrected chi connectivity index (χ0v) is 13.6. The highest BCUT2D eigenvalue weighted by Gasteiger charge is 2.06. The molecule has 0 aromatic heterocycles. The molecule has 4 heteroatoms. The molecule has 0 radical (unpaired) electrons. The van der Waals surface area contributed by atoms with Crippen molar-refractivity contribution in [3.63, 3.8) is 0 Å². The molecule has 4 nitrogen and oxygen atoms in total. The Kier molecular flexibility index (Phi) is 6.36. The lowest BCUT2D eigenvalue weighted by Gasteiger charge is -2.09. The van der Waals surface area contributed by atoms with Crippen LogP contribution in [0, 0.1) is 6.92 Å². The van der Waals surface area contributed by atoms with E-state index in [2.05, 4.69) is 17.5 Å². The fraction of sp³-hybridized carbons (Fsp3) is 0.263. The van der Waals surface area contributed by atoms with Crippen molar-refractivity contribution in [1.82, 2.24) is 5.43 Å². The van der Waals surface area contributed by atoms with Gasteiger partial charge in [-0.1, -0.05) is 61.9 Å². The Hall–Kier alpha value is -2.62. The SMILES string of the molecule is CCCC(=NNC(=O)COc1ccccc1C)c1ccccc1. The molecular weight excluding hydrogens is 288 g/mol. The normalized spacial score (nSPS) is 11.1. The number of hydrogen-bond donors (Lipinski definition) is 1. The summed E-state index contributed by atoms with van der Waals surface area (Å²) >= 11 is 0. The van der Waals surface area contributed by atoms with Gasteiger partial charge in [0.15, 0.2) is 6.61 Å². The quantitative estimate of drug-likeness (QED) is 0.626. The molecule has 120 valence electrons. The average molecular weight is 310 g/mol. The molecule has 1 N–H and O–H groups in total. The van der Waals surface area contributed by atoms with Crippen LogP contribution in [-0.4, -0.2) is 18.2 Å². The van der Waals surface area contributed by atoms with Gasteiger partial charge in [0.25, 0.3) is 5.91 Å². The van der Waals surface area contributed by atoms with Crippen LogP contribution < -0.4 is 10.2 Å². The Morgan fingerprint density at radius 1 is 1.09 bits per heavy atom. The summed E-state index contributed by atoms with van der Waals surface area (Å²) in [6.45, 7) is 3.98. The Bertz CT molecular complexity index is 666. The van der Waals surface area contributed by atoms with Gasteiger partial charge in [-0.05, 0) is 30.5 Å². The van der Waals surface area contributed by atoms with Gasteiger partial charge < -0.3 is 4.74 Å². The summed E-state index contributed by atoms with van der Waals surface area (Å²) in [5.41, 5.74) is 5.47. The van der Waals surface area contributed by atoms with Gasteiger partial charge in [-0.25, -0.2) is 5.43 Å². The molecule has 0 fully saturated rings. The highest BCUT2D eigenvalue weighted by Crippen LogP contribution is 2.15. The largest absolute Gasteiger partial charge is 0.483 e. The van der Waals surface area contributed by atoms with Crippen LogP contribution in [0.25, 0.3) is 0 Å². The second-order valence-electron chi connectivity index (χ2n) is 5.26. The van der Waals surface area contributed by atoms with E-state index in [1.807, 2.05) is 61.5 Å². The fourth-order valence-electron chi connectivity index (χ4n) is 2.16. The van der Waals surface area contributed by atoms with Crippen molar-refractivity contribution in [3.8, 4) is 5.75 Å². The number of para-hydroxylation sites is 1. The van der Waals surface area contributed by atoms with Gasteiger partial charge in [0, 0.05) is 0 Å². The van der Waals surface area contributed by atoms with Crippen LogP contribution in [0.4, 0.5) is 0 Å². The molecule has 2 aromatic rings. The van der Waals surface area contributed by atoms with E-state index in [4.69, 9.17) is 4.74 Å². The van der Waals surface area contributed by atoms with Crippen molar-refractivity contribution in [2.45, 2.75) is 26.7 Å². The molecule has 2 aromatic carbocycles. The Morgan fingerprint density at radius 2 is 1.78 bits per heavy atom. The van der Waals surface area contributed by atoms with E-state index in [0.29, 0.717) is 5.75 Å². The molecule has 0 spiro atoms. The lowest BCUT2D eigenvalue weighted by molar-refractivity contribution is -0.123. The molecule has 0 saturated carbocycles. The van der Waals surface area contributed by atoms with Crippen molar-refractivity contribution in [1.29, 1.82) is 0 Å². The van der Waals surface area contributed by atoms with Gasteiger partial charge in [-0.3, -0.25) is 4.79 Å². The smallest absolute Gasteiger partial charge is 0.277 e. The van der Waals surface area contributed by atoms with Gasteiger partial charge in [-0.2, -0.15) is 5.10 Å². The number of nitrogens with zero attached hydrogens (tertiary/aromatic N) is 1. The maximum absolute atomic E-state index is 11.9. The molecule has 0 aliphatic carbocycles. The lowest BCUT2D eigenvalue weighted by atomic mass is 10.1. The predicted octanol–water partition coefficient (Wildman–Crippen LogP) is 3.69. The molecule has 2 rings (SSSR count). The van der Waals surface area contributed by atoms with E-state index in [1.165, 1.54) is 0 Å². The molecule has 0 aliphatic rings. The number of amides is 1. The van der Waals surface area contributed by atoms with Gasteiger partial charge in [0.2, 0.25) is 0 Å². The Labute approximate surface area is 137 Å². The number of ether oxygens (including phenoxy) is 1. The number of carbonyl (C=O) groups is 1. The summed E-state index contributed by atoms with van der Waals surface area (Å²) in [5.74, 6) is 0.446. The second kappa shape index (κ2) is 8.73. The lowest BCUT2D eigenvalue weighted by Crippen LogP contribution is -2.26. The van der Waals surface area contributed by atoms with E-state index in [-0.39, 0.29) is 12.5 Å². The number of benzene rings is 2. The van der Waals surface area contributed by atoms with Gasteiger partial charge in [-0.15, -0.1) is 0 Å². The summed E-state index contributed by atoms with van der Waals surface area (Å²) < 4.78 is 5.52. The summed E-state index contributed by atoms with van der Waals surface area (Å²) in [6, 6.07) is 17.5. The van der Waals surface area contributed by atoms with Crippen LogP contribution in [0.15, 0.2) is 59.7 Å². The molecule has 0 saturated heterocycles. The minimum absolute atomic E-state index is 0.0530. The number of nitrogens with one attached hydrogen (secondary N) is 1. The molecule has 0 bridgehead atoms. The first-order chi connectivity index (χ1) is 11.2. The maximum atomic E-state index is 11.9. The van der Waals surface area contributed by atoms with Gasteiger partial charge in [0.1, 0.15) is 5.75 Å². The summed E-state index contributed by atoms with van der Waals surface area (Å²) in [7, 11) is 0. The van der Waals surface area contributed by atoms with E-state index < -0.39 is 0 Å². The topological polar surface area (TPSA) is 50.7 Å². The predicted molar refractivity (Wildman–Crippen MR) is 92.7 cm³/mol. The summed E-state index contributed by atoms with van der Waals surface area (Å²) in [5, 5.41) is 4.26. The molecule has 0 atom stereocenters. The highest BCUT2D eigenvalue weighted by atomic mass is 16.5. The van der Waals surface area contributed by atoms with Crippen LogP contribution in [0.5, 0.6) is 5.75 Å². The van der Waals surface area contributed by atoms with Crippen LogP contribution in [-0.2, 0) is 4.79 Å². The van der Waals surface area contributed by atoms with Crippen molar-refractivity contribution in [2.24, 2.45) is 5.10 Å². The van der Waals surface area contributed by atoms with Crippen molar-refractivity contribution < 1.29 is 9.53 Å². The number of carbonyl (C=O) groups excluding carboxylic acids is 1. The van der Waals surface area contributed by atoms with E-state index >= 15 is 0 Å². The third-order valence-corrected chi connectivity index (χ3v) is 3.36. The molecule has 0 aliphatic heterocycles. The summed E-state index contributed by atoms with van der Waals surface area (Å²) in [6.07, 6.45) is 1.77. The molecule has 0 unspecified atom stereocenters. The van der Waals surface area contributed by atoms with Crippen LogP contribution >= 0.6 is 0 Å². The minimum Gasteiger partial charge on any atom is -0.483 e. The first kappa shape index (κ1) is 16.7. The second-order valence-corrected chi connectivity index (χ2v) is 5.26. The van der Waals surface area contributed by atoms with Gasteiger partial charge >= 0.3 is 0 Å². The highest BCUT2D eigenvalue weighted by molar-refractivity contribution is 6.01. The molecular formula is C19H22N2O2. The first-order valence-electron chi connectivity index (χ1n) is 7.80. The van der Waals surface area contributed by atoms with Crippen molar-refractivity contribution >= 4 is 11.6 Å².